The second-order valence-corrected chi connectivity index (χ2v) is 3.93. The third kappa shape index (κ3) is 2.40. The molecule has 4 nitrogen and oxygen atoms in total. The lowest BCUT2D eigenvalue weighted by Gasteiger charge is -2.19. The van der Waals surface area contributed by atoms with E-state index >= 15 is 0 Å². The Kier molecular flexibility index (Phi) is 3.31. The van der Waals surface area contributed by atoms with Crippen LogP contribution < -0.4 is 15.4 Å². The fourth-order valence-electron chi connectivity index (χ4n) is 1.89. The van der Waals surface area contributed by atoms with Gasteiger partial charge in [0.1, 0.15) is 12.4 Å². The molecule has 1 fully saturated rings. The summed E-state index contributed by atoms with van der Waals surface area (Å²) < 4.78 is 5.41. The minimum absolute atomic E-state index is 0.0225. The Morgan fingerprint density at radius 3 is 2.94 bits per heavy atom. The molecule has 1 heterocycles. The summed E-state index contributed by atoms with van der Waals surface area (Å²) in [5, 5.41) is 0. The molecule has 2 N–H and O–H groups in total. The highest BCUT2D eigenvalue weighted by Crippen LogP contribution is 2.30. The number of rotatable bonds is 3. The topological polar surface area (TPSA) is 55.6 Å². The van der Waals surface area contributed by atoms with Gasteiger partial charge in [-0.2, -0.15) is 0 Å². The van der Waals surface area contributed by atoms with Crippen molar-refractivity contribution in [3.63, 3.8) is 0 Å². The predicted octanol–water partition coefficient (Wildman–Crippen LogP) is 0.763. The van der Waals surface area contributed by atoms with E-state index in [2.05, 4.69) is 5.92 Å². The maximum atomic E-state index is 11.8. The first-order valence-corrected chi connectivity index (χ1v) is 5.43. The van der Waals surface area contributed by atoms with Gasteiger partial charge in [-0.25, -0.2) is 0 Å². The standard InChI is InChI=1S/C13H14N2O2/c1-2-7-17-12-6-4-3-5-11(12)15-9-10(14)8-13(15)16/h1,3-6,10H,7-9,14H2. The average Bonchev–Trinajstić information content (AvgIpc) is 2.66. The summed E-state index contributed by atoms with van der Waals surface area (Å²) in [5.41, 5.74) is 6.50. The van der Waals surface area contributed by atoms with E-state index in [9.17, 15) is 4.79 Å². The highest BCUT2D eigenvalue weighted by Gasteiger charge is 2.29. The van der Waals surface area contributed by atoms with Crippen molar-refractivity contribution in [1.29, 1.82) is 0 Å². The van der Waals surface area contributed by atoms with Crippen molar-refractivity contribution in [3.8, 4) is 18.1 Å². The quantitative estimate of drug-likeness (QED) is 0.780. The number of anilines is 1. The molecule has 1 aromatic rings. The number of carbonyl (C=O) groups excluding carboxylic acids is 1. The number of terminal acetylenes is 1. The molecule has 1 atom stereocenters. The van der Waals surface area contributed by atoms with Gasteiger partial charge in [0.25, 0.3) is 0 Å². The lowest BCUT2D eigenvalue weighted by Crippen LogP contribution is -2.28. The lowest BCUT2D eigenvalue weighted by atomic mass is 10.2. The number of benzene rings is 1. The average molecular weight is 230 g/mol. The van der Waals surface area contributed by atoms with Gasteiger partial charge >= 0.3 is 0 Å². The maximum absolute atomic E-state index is 11.8. The van der Waals surface area contributed by atoms with Crippen molar-refractivity contribution in [1.82, 2.24) is 0 Å². The second-order valence-electron chi connectivity index (χ2n) is 3.93. The molecule has 4 heteroatoms. The van der Waals surface area contributed by atoms with Crippen molar-refractivity contribution >= 4 is 11.6 Å². The largest absolute Gasteiger partial charge is 0.479 e. The van der Waals surface area contributed by atoms with E-state index < -0.39 is 0 Å². The van der Waals surface area contributed by atoms with Gasteiger partial charge in [0.15, 0.2) is 0 Å². The number of ether oxygens (including phenoxy) is 1. The number of para-hydroxylation sites is 2. The lowest BCUT2D eigenvalue weighted by molar-refractivity contribution is -0.117. The fraction of sp³-hybridized carbons (Fsp3) is 0.308. The Hall–Kier alpha value is -1.99. The highest BCUT2D eigenvalue weighted by atomic mass is 16.5. The number of amides is 1. The zero-order chi connectivity index (χ0) is 12.3. The highest BCUT2D eigenvalue weighted by molar-refractivity contribution is 5.97. The van der Waals surface area contributed by atoms with Gasteiger partial charge < -0.3 is 15.4 Å². The maximum Gasteiger partial charge on any atom is 0.228 e. The van der Waals surface area contributed by atoms with Gasteiger partial charge in [-0.05, 0) is 12.1 Å². The van der Waals surface area contributed by atoms with E-state index in [1.54, 1.807) is 11.0 Å². The van der Waals surface area contributed by atoms with E-state index in [4.69, 9.17) is 16.9 Å². The molecular weight excluding hydrogens is 216 g/mol. The monoisotopic (exact) mass is 230 g/mol. The summed E-state index contributed by atoms with van der Waals surface area (Å²) in [6.07, 6.45) is 5.53. The van der Waals surface area contributed by atoms with Crippen LogP contribution in [-0.2, 0) is 4.79 Å². The number of nitrogens with two attached hydrogens (primary N) is 1. The molecule has 1 unspecified atom stereocenters. The molecule has 1 aliphatic rings. The second kappa shape index (κ2) is 4.89. The molecule has 2 rings (SSSR count). The Morgan fingerprint density at radius 2 is 2.29 bits per heavy atom. The first-order valence-electron chi connectivity index (χ1n) is 5.43. The zero-order valence-electron chi connectivity index (χ0n) is 9.43. The van der Waals surface area contributed by atoms with Crippen LogP contribution in [0.15, 0.2) is 24.3 Å². The first-order chi connectivity index (χ1) is 8.22. The Labute approximate surface area is 100 Å². The Balaban J connectivity index is 2.26. The summed E-state index contributed by atoms with van der Waals surface area (Å²) in [5.74, 6) is 3.04. The van der Waals surface area contributed by atoms with E-state index in [0.29, 0.717) is 18.7 Å². The van der Waals surface area contributed by atoms with E-state index in [1.807, 2.05) is 18.2 Å². The molecule has 0 spiro atoms. The van der Waals surface area contributed by atoms with Crippen molar-refractivity contribution in [2.24, 2.45) is 5.73 Å². The third-order valence-electron chi connectivity index (χ3n) is 2.62. The molecule has 1 saturated heterocycles. The molecule has 0 aliphatic carbocycles. The van der Waals surface area contributed by atoms with Gasteiger partial charge in [-0.1, -0.05) is 18.1 Å². The van der Waals surface area contributed by atoms with Gasteiger partial charge in [-0.15, -0.1) is 6.42 Å². The number of nitrogens with zero attached hydrogens (tertiary/aromatic N) is 1. The molecule has 1 aliphatic heterocycles. The van der Waals surface area contributed by atoms with Crippen molar-refractivity contribution in [3.05, 3.63) is 24.3 Å². The van der Waals surface area contributed by atoms with Crippen LogP contribution in [0.2, 0.25) is 0 Å². The molecule has 0 aromatic heterocycles. The molecule has 88 valence electrons. The van der Waals surface area contributed by atoms with Gasteiger partial charge in [-0.3, -0.25) is 4.79 Å². The SMILES string of the molecule is C#CCOc1ccccc1N1CC(N)CC1=O. The van der Waals surface area contributed by atoms with E-state index in [0.717, 1.165) is 5.69 Å². The summed E-state index contributed by atoms with van der Waals surface area (Å²) in [6, 6.07) is 7.22. The zero-order valence-corrected chi connectivity index (χ0v) is 9.43. The minimum atomic E-state index is -0.108. The molecule has 1 amide bonds. The molecular formula is C13H14N2O2. The van der Waals surface area contributed by atoms with Crippen LogP contribution >= 0.6 is 0 Å². The molecule has 1 aromatic carbocycles. The number of carbonyl (C=O) groups is 1. The third-order valence-corrected chi connectivity index (χ3v) is 2.62. The summed E-state index contributed by atoms with van der Waals surface area (Å²) in [7, 11) is 0. The van der Waals surface area contributed by atoms with Crippen LogP contribution in [0.1, 0.15) is 6.42 Å². The van der Waals surface area contributed by atoms with E-state index in [1.165, 1.54) is 0 Å². The Bertz CT molecular complexity index is 465. The summed E-state index contributed by atoms with van der Waals surface area (Å²) in [4.78, 5) is 13.4. The van der Waals surface area contributed by atoms with Crippen LogP contribution in [0.5, 0.6) is 5.75 Å². The molecule has 0 bridgehead atoms. The minimum Gasteiger partial charge on any atom is -0.479 e. The van der Waals surface area contributed by atoms with Crippen LogP contribution in [0, 0.1) is 12.3 Å². The van der Waals surface area contributed by atoms with E-state index in [-0.39, 0.29) is 18.6 Å². The van der Waals surface area contributed by atoms with Crippen LogP contribution in [0.3, 0.4) is 0 Å². The molecule has 0 saturated carbocycles. The van der Waals surface area contributed by atoms with Crippen LogP contribution in [0.25, 0.3) is 0 Å². The van der Waals surface area contributed by atoms with Crippen LogP contribution in [0.4, 0.5) is 5.69 Å². The number of hydrogen-bond donors (Lipinski definition) is 1. The van der Waals surface area contributed by atoms with Crippen molar-refractivity contribution in [2.45, 2.75) is 12.5 Å². The van der Waals surface area contributed by atoms with Crippen LogP contribution in [-0.4, -0.2) is 25.1 Å². The normalized spacial score (nSPS) is 19.2. The first kappa shape index (κ1) is 11.5. The number of hydrogen-bond acceptors (Lipinski definition) is 3. The molecule has 17 heavy (non-hydrogen) atoms. The molecule has 0 radical (unpaired) electrons. The summed E-state index contributed by atoms with van der Waals surface area (Å²) >= 11 is 0. The summed E-state index contributed by atoms with van der Waals surface area (Å²) in [6.45, 7) is 0.709. The van der Waals surface area contributed by atoms with Crippen molar-refractivity contribution < 1.29 is 9.53 Å². The Morgan fingerprint density at radius 1 is 1.53 bits per heavy atom. The smallest absolute Gasteiger partial charge is 0.228 e. The van der Waals surface area contributed by atoms with Crippen molar-refractivity contribution in [2.75, 3.05) is 18.1 Å². The predicted molar refractivity (Wildman–Crippen MR) is 65.7 cm³/mol. The fourth-order valence-corrected chi connectivity index (χ4v) is 1.89. The van der Waals surface area contributed by atoms with Gasteiger partial charge in [0, 0.05) is 19.0 Å². The van der Waals surface area contributed by atoms with Gasteiger partial charge in [0.2, 0.25) is 5.91 Å². The van der Waals surface area contributed by atoms with Gasteiger partial charge in [0.05, 0.1) is 5.69 Å².